The fourth-order valence-corrected chi connectivity index (χ4v) is 3.40. The van der Waals surface area contributed by atoms with Gasteiger partial charge in [0, 0.05) is 6.04 Å². The Bertz CT molecular complexity index is 468. The first kappa shape index (κ1) is 14.3. The lowest BCUT2D eigenvalue weighted by Crippen LogP contribution is -2.47. The summed E-state index contributed by atoms with van der Waals surface area (Å²) in [4.78, 5) is 0. The number of halogens is 2. The highest BCUT2D eigenvalue weighted by molar-refractivity contribution is 5.85. The van der Waals surface area contributed by atoms with Crippen molar-refractivity contribution in [2.24, 2.45) is 5.41 Å². The Labute approximate surface area is 119 Å². The van der Waals surface area contributed by atoms with Crippen molar-refractivity contribution in [1.82, 2.24) is 5.32 Å². The van der Waals surface area contributed by atoms with Crippen LogP contribution < -0.4 is 5.32 Å². The van der Waals surface area contributed by atoms with E-state index in [1.165, 1.54) is 5.56 Å². The average molecular weight is 281 g/mol. The van der Waals surface area contributed by atoms with E-state index in [0.717, 1.165) is 32.2 Å². The van der Waals surface area contributed by atoms with E-state index in [4.69, 9.17) is 5.26 Å². The number of benzene rings is 1. The van der Waals surface area contributed by atoms with Crippen molar-refractivity contribution in [2.45, 2.75) is 37.9 Å². The lowest BCUT2D eigenvalue weighted by atomic mass is 9.60. The number of alkyl halides is 1. The first-order valence-electron chi connectivity index (χ1n) is 6.58. The van der Waals surface area contributed by atoms with E-state index in [0.29, 0.717) is 11.6 Å². The van der Waals surface area contributed by atoms with Crippen LogP contribution in [0.4, 0.5) is 4.39 Å². The minimum absolute atomic E-state index is 0. The molecule has 0 unspecified atom stereocenters. The summed E-state index contributed by atoms with van der Waals surface area (Å²) in [6.07, 6.45) is 3.02. The predicted molar refractivity (Wildman–Crippen MR) is 74.9 cm³/mol. The third-order valence-corrected chi connectivity index (χ3v) is 4.43. The quantitative estimate of drug-likeness (QED) is 0.854. The van der Waals surface area contributed by atoms with Crippen molar-refractivity contribution in [3.05, 3.63) is 35.4 Å². The van der Waals surface area contributed by atoms with E-state index >= 15 is 0 Å². The van der Waals surface area contributed by atoms with Gasteiger partial charge in [-0.1, -0.05) is 12.1 Å². The molecule has 0 bridgehead atoms. The number of piperidine rings is 1. The van der Waals surface area contributed by atoms with Crippen molar-refractivity contribution in [1.29, 1.82) is 5.26 Å². The molecular weight excluding hydrogens is 263 g/mol. The zero-order chi connectivity index (χ0) is 12.6. The van der Waals surface area contributed by atoms with Crippen molar-refractivity contribution in [3.63, 3.8) is 0 Å². The number of nitriles is 1. The molecule has 19 heavy (non-hydrogen) atoms. The first-order chi connectivity index (χ1) is 8.71. The molecule has 2 fully saturated rings. The molecule has 2 aliphatic rings. The monoisotopic (exact) mass is 280 g/mol. The maximum atomic E-state index is 13.1. The van der Waals surface area contributed by atoms with Crippen LogP contribution in [0.2, 0.25) is 0 Å². The fourth-order valence-electron chi connectivity index (χ4n) is 3.40. The largest absolute Gasteiger partial charge is 0.310 e. The van der Waals surface area contributed by atoms with E-state index < -0.39 is 6.17 Å². The zero-order valence-corrected chi connectivity index (χ0v) is 11.5. The first-order valence-corrected chi connectivity index (χ1v) is 6.58. The number of hydrogen-bond acceptors (Lipinski definition) is 2. The van der Waals surface area contributed by atoms with Crippen molar-refractivity contribution >= 4 is 12.4 Å². The van der Waals surface area contributed by atoms with E-state index in [2.05, 4.69) is 11.4 Å². The van der Waals surface area contributed by atoms with Gasteiger partial charge in [0.1, 0.15) is 6.17 Å². The molecule has 102 valence electrons. The summed E-state index contributed by atoms with van der Waals surface area (Å²) in [6.45, 7) is 0.970. The molecule has 1 aliphatic heterocycles. The minimum Gasteiger partial charge on any atom is -0.310 e. The summed E-state index contributed by atoms with van der Waals surface area (Å²) in [6, 6.07) is 10.2. The second-order valence-corrected chi connectivity index (χ2v) is 5.70. The third-order valence-electron chi connectivity index (χ3n) is 4.43. The normalized spacial score (nSPS) is 33.1. The highest BCUT2D eigenvalue weighted by Gasteiger charge is 2.47. The molecule has 1 aromatic rings. The van der Waals surface area contributed by atoms with E-state index in [1.54, 1.807) is 0 Å². The molecule has 3 rings (SSSR count). The summed E-state index contributed by atoms with van der Waals surface area (Å²) in [5, 5.41) is 12.3. The molecule has 2 nitrogen and oxygen atoms in total. The highest BCUT2D eigenvalue weighted by Crippen LogP contribution is 2.52. The molecule has 1 aliphatic carbocycles. The Kier molecular flexibility index (Phi) is 4.13. The van der Waals surface area contributed by atoms with Gasteiger partial charge in [-0.25, -0.2) is 4.39 Å². The van der Waals surface area contributed by atoms with E-state index in [1.807, 2.05) is 24.3 Å². The molecule has 0 amide bonds. The van der Waals surface area contributed by atoms with E-state index in [9.17, 15) is 4.39 Å². The smallest absolute Gasteiger partial charge is 0.101 e. The van der Waals surface area contributed by atoms with Crippen molar-refractivity contribution in [3.8, 4) is 6.07 Å². The number of rotatable bonds is 1. The molecule has 1 atom stereocenters. The predicted octanol–water partition coefficient (Wildman–Crippen LogP) is 3.52. The van der Waals surface area contributed by atoms with Gasteiger partial charge in [0.15, 0.2) is 0 Å². The van der Waals surface area contributed by atoms with E-state index in [-0.39, 0.29) is 17.8 Å². The summed E-state index contributed by atoms with van der Waals surface area (Å²) >= 11 is 0. The van der Waals surface area contributed by atoms with Crippen LogP contribution in [-0.4, -0.2) is 12.7 Å². The second-order valence-electron chi connectivity index (χ2n) is 5.70. The summed E-state index contributed by atoms with van der Waals surface area (Å²) in [5.41, 5.74) is 2.15. The Morgan fingerprint density at radius 1 is 1.21 bits per heavy atom. The van der Waals surface area contributed by atoms with Crippen LogP contribution in [0.25, 0.3) is 0 Å². The maximum absolute atomic E-state index is 13.1. The molecular formula is C15H18ClFN2. The summed E-state index contributed by atoms with van der Waals surface area (Å²) in [5.74, 6) is 0. The van der Waals surface area contributed by atoms with Gasteiger partial charge >= 0.3 is 0 Å². The maximum Gasteiger partial charge on any atom is 0.101 e. The lowest BCUT2D eigenvalue weighted by molar-refractivity contribution is -0.0139. The Morgan fingerprint density at radius 3 is 2.47 bits per heavy atom. The Balaban J connectivity index is 0.00000133. The standard InChI is InChI=1S/C15H17FN2.ClH/c16-13-7-15(8-13)5-6-18-14(9-15)12-3-1-11(10-17)2-4-12;/h1-4,13-14,18H,5-9H2;1H/t13?,14-,15?;/m0./s1. The van der Waals surface area contributed by atoms with Crippen LogP contribution in [0.5, 0.6) is 0 Å². The molecule has 1 heterocycles. The zero-order valence-electron chi connectivity index (χ0n) is 10.7. The van der Waals surface area contributed by atoms with Gasteiger partial charge in [-0.15, -0.1) is 12.4 Å². The van der Waals surface area contributed by atoms with Crippen LogP contribution in [-0.2, 0) is 0 Å². The van der Waals surface area contributed by atoms with Crippen LogP contribution in [0.15, 0.2) is 24.3 Å². The van der Waals surface area contributed by atoms with Crippen LogP contribution in [0.1, 0.15) is 42.9 Å². The van der Waals surface area contributed by atoms with Crippen LogP contribution >= 0.6 is 12.4 Å². The van der Waals surface area contributed by atoms with Crippen LogP contribution in [0.3, 0.4) is 0 Å². The van der Waals surface area contributed by atoms with Gasteiger partial charge in [0.25, 0.3) is 0 Å². The molecule has 1 aromatic carbocycles. The molecule has 0 aromatic heterocycles. The number of nitrogens with one attached hydrogen (secondary N) is 1. The second kappa shape index (κ2) is 5.48. The topological polar surface area (TPSA) is 35.8 Å². The number of nitrogens with zero attached hydrogens (tertiary/aromatic N) is 1. The van der Waals surface area contributed by atoms with Crippen molar-refractivity contribution < 1.29 is 4.39 Å². The molecule has 1 N–H and O–H groups in total. The molecule has 1 saturated heterocycles. The van der Waals surface area contributed by atoms with Crippen molar-refractivity contribution in [2.75, 3.05) is 6.54 Å². The molecule has 0 radical (unpaired) electrons. The van der Waals surface area contributed by atoms with Gasteiger partial charge in [0.2, 0.25) is 0 Å². The SMILES string of the molecule is Cl.N#Cc1ccc([C@@H]2CC3(CCN2)CC(F)C3)cc1. The average Bonchev–Trinajstić information content (AvgIpc) is 2.38. The van der Waals surface area contributed by atoms with Crippen LogP contribution in [0, 0.1) is 16.7 Å². The van der Waals surface area contributed by atoms with Gasteiger partial charge in [0.05, 0.1) is 11.6 Å². The number of hydrogen-bond donors (Lipinski definition) is 1. The Morgan fingerprint density at radius 2 is 1.89 bits per heavy atom. The molecule has 1 spiro atoms. The van der Waals surface area contributed by atoms with Gasteiger partial charge < -0.3 is 5.32 Å². The molecule has 1 saturated carbocycles. The summed E-state index contributed by atoms with van der Waals surface area (Å²) in [7, 11) is 0. The lowest BCUT2D eigenvalue weighted by Gasteiger charge is -2.49. The summed E-state index contributed by atoms with van der Waals surface area (Å²) < 4.78 is 13.1. The minimum atomic E-state index is -0.579. The fraction of sp³-hybridized carbons (Fsp3) is 0.533. The third kappa shape index (κ3) is 2.75. The van der Waals surface area contributed by atoms with Gasteiger partial charge in [-0.05, 0) is 55.3 Å². The Hall–Kier alpha value is -1.11. The highest BCUT2D eigenvalue weighted by atomic mass is 35.5. The van der Waals surface area contributed by atoms with Gasteiger partial charge in [-0.2, -0.15) is 5.26 Å². The molecule has 4 heteroatoms. The van der Waals surface area contributed by atoms with Gasteiger partial charge in [-0.3, -0.25) is 0 Å².